The van der Waals surface area contributed by atoms with Crippen LogP contribution < -0.4 is 16.0 Å². The molecule has 26 heavy (non-hydrogen) atoms. The van der Waals surface area contributed by atoms with Gasteiger partial charge >= 0.3 is 0 Å². The van der Waals surface area contributed by atoms with E-state index in [4.69, 9.17) is 0 Å². The van der Waals surface area contributed by atoms with Crippen molar-refractivity contribution in [1.29, 1.82) is 0 Å². The first-order valence-electron chi connectivity index (χ1n) is 8.19. The molecule has 8 nitrogen and oxygen atoms in total. The molecule has 1 aromatic rings. The van der Waals surface area contributed by atoms with E-state index < -0.39 is 27.7 Å². The van der Waals surface area contributed by atoms with Gasteiger partial charge in [0.2, 0.25) is 11.8 Å². The molecule has 0 aliphatic carbocycles. The summed E-state index contributed by atoms with van der Waals surface area (Å²) in [6.45, 7) is 3.32. The molecule has 3 amide bonds. The molecule has 144 valence electrons. The molecule has 0 aliphatic heterocycles. The molecule has 0 fully saturated rings. The fraction of sp³-hybridized carbons (Fsp3) is 0.471. The quantitative estimate of drug-likeness (QED) is 0.548. The number of carbonyl (C=O) groups is 3. The Morgan fingerprint density at radius 2 is 1.65 bits per heavy atom. The summed E-state index contributed by atoms with van der Waals surface area (Å²) in [6.07, 6.45) is 0.964. The fourth-order valence-corrected chi connectivity index (χ4v) is 2.76. The van der Waals surface area contributed by atoms with Gasteiger partial charge in [-0.3, -0.25) is 14.4 Å². The van der Waals surface area contributed by atoms with Crippen molar-refractivity contribution in [2.45, 2.75) is 32.4 Å². The molecular formula is C17H25N3O5S. The van der Waals surface area contributed by atoms with Crippen LogP contribution in [0.4, 0.5) is 0 Å². The van der Waals surface area contributed by atoms with Crippen LogP contribution in [-0.2, 0) is 19.4 Å². The van der Waals surface area contributed by atoms with E-state index in [9.17, 15) is 22.8 Å². The largest absolute Gasteiger partial charge is 0.352 e. The van der Waals surface area contributed by atoms with E-state index in [1.165, 1.54) is 0 Å². The Morgan fingerprint density at radius 3 is 2.19 bits per heavy atom. The van der Waals surface area contributed by atoms with Crippen LogP contribution in [0.1, 0.15) is 30.6 Å². The van der Waals surface area contributed by atoms with E-state index in [-0.39, 0.29) is 30.7 Å². The van der Waals surface area contributed by atoms with E-state index >= 15 is 0 Å². The smallest absolute Gasteiger partial charge is 0.251 e. The van der Waals surface area contributed by atoms with Crippen LogP contribution in [0.25, 0.3) is 0 Å². The minimum atomic E-state index is -3.31. The van der Waals surface area contributed by atoms with Gasteiger partial charge in [-0.25, -0.2) is 8.42 Å². The van der Waals surface area contributed by atoms with Crippen LogP contribution in [0, 0.1) is 0 Å². The van der Waals surface area contributed by atoms with Gasteiger partial charge in [-0.2, -0.15) is 0 Å². The molecule has 0 saturated carbocycles. The molecule has 0 saturated heterocycles. The SMILES string of the molecule is CC(C)NC(=O)CNC(=O)[C@H](CCS(C)(=O)=O)NC(=O)c1ccccc1. The summed E-state index contributed by atoms with van der Waals surface area (Å²) in [5.41, 5.74) is 0.349. The van der Waals surface area contributed by atoms with Gasteiger partial charge < -0.3 is 16.0 Å². The summed E-state index contributed by atoms with van der Waals surface area (Å²) in [5, 5.41) is 7.57. The van der Waals surface area contributed by atoms with Gasteiger partial charge in [0.1, 0.15) is 15.9 Å². The predicted octanol–water partition coefficient (Wildman–Crippen LogP) is -0.139. The Kier molecular flexibility index (Phi) is 8.24. The van der Waals surface area contributed by atoms with E-state index in [1.54, 1.807) is 44.2 Å². The predicted molar refractivity (Wildman–Crippen MR) is 98.3 cm³/mol. The maximum Gasteiger partial charge on any atom is 0.251 e. The third-order valence-corrected chi connectivity index (χ3v) is 4.29. The lowest BCUT2D eigenvalue weighted by Crippen LogP contribution is -2.50. The molecule has 9 heteroatoms. The summed E-state index contributed by atoms with van der Waals surface area (Å²) in [5.74, 6) is -1.74. The Bertz CT molecular complexity index is 732. The number of amides is 3. The normalized spacial score (nSPS) is 12.3. The number of nitrogens with one attached hydrogen (secondary N) is 3. The number of carbonyl (C=O) groups excluding carboxylic acids is 3. The number of hydrogen-bond acceptors (Lipinski definition) is 5. The third-order valence-electron chi connectivity index (χ3n) is 3.31. The van der Waals surface area contributed by atoms with Gasteiger partial charge in [0, 0.05) is 17.9 Å². The number of sulfone groups is 1. The second-order valence-corrected chi connectivity index (χ2v) is 8.51. The monoisotopic (exact) mass is 383 g/mol. The minimum absolute atomic E-state index is 0.0711. The summed E-state index contributed by atoms with van der Waals surface area (Å²) in [6, 6.07) is 7.13. The van der Waals surface area contributed by atoms with E-state index in [0.29, 0.717) is 5.56 Å². The van der Waals surface area contributed by atoms with Crippen LogP contribution in [0.2, 0.25) is 0 Å². The zero-order chi connectivity index (χ0) is 19.7. The highest BCUT2D eigenvalue weighted by atomic mass is 32.2. The van der Waals surface area contributed by atoms with Crippen molar-refractivity contribution in [2.75, 3.05) is 18.6 Å². The molecule has 0 heterocycles. The standard InChI is InChI=1S/C17H25N3O5S/c1-12(2)19-15(21)11-18-17(23)14(9-10-26(3,24)25)20-16(22)13-7-5-4-6-8-13/h4-8,12,14H,9-11H2,1-3H3,(H,18,23)(H,19,21)(H,20,22)/t14-/m0/s1. The summed E-state index contributed by atoms with van der Waals surface area (Å²) in [4.78, 5) is 36.2. The summed E-state index contributed by atoms with van der Waals surface area (Å²) >= 11 is 0. The first-order valence-corrected chi connectivity index (χ1v) is 10.2. The van der Waals surface area contributed by atoms with Crippen LogP contribution in [-0.4, -0.2) is 56.8 Å². The second kappa shape index (κ2) is 9.91. The second-order valence-electron chi connectivity index (χ2n) is 6.25. The maximum absolute atomic E-state index is 12.3. The molecule has 3 N–H and O–H groups in total. The average molecular weight is 383 g/mol. The van der Waals surface area contributed by atoms with Crippen molar-refractivity contribution in [3.8, 4) is 0 Å². The van der Waals surface area contributed by atoms with Crippen molar-refractivity contribution in [1.82, 2.24) is 16.0 Å². The average Bonchev–Trinajstić information content (AvgIpc) is 2.55. The lowest BCUT2D eigenvalue weighted by atomic mass is 10.1. The van der Waals surface area contributed by atoms with Crippen LogP contribution >= 0.6 is 0 Å². The molecule has 1 rings (SSSR count). The van der Waals surface area contributed by atoms with Crippen LogP contribution in [0.5, 0.6) is 0 Å². The maximum atomic E-state index is 12.3. The lowest BCUT2D eigenvalue weighted by Gasteiger charge is -2.18. The Hall–Kier alpha value is -2.42. The lowest BCUT2D eigenvalue weighted by molar-refractivity contribution is -0.127. The van der Waals surface area contributed by atoms with Gasteiger partial charge in [-0.05, 0) is 32.4 Å². The zero-order valence-electron chi connectivity index (χ0n) is 15.1. The van der Waals surface area contributed by atoms with Gasteiger partial charge in [0.25, 0.3) is 5.91 Å². The van der Waals surface area contributed by atoms with Gasteiger partial charge in [0.15, 0.2) is 0 Å². The van der Waals surface area contributed by atoms with Crippen LogP contribution in [0.15, 0.2) is 30.3 Å². The molecule has 1 atom stereocenters. The molecule has 0 unspecified atom stereocenters. The Morgan fingerprint density at radius 1 is 1.04 bits per heavy atom. The number of benzene rings is 1. The van der Waals surface area contributed by atoms with E-state index in [0.717, 1.165) is 6.26 Å². The zero-order valence-corrected chi connectivity index (χ0v) is 15.9. The third kappa shape index (κ3) is 8.61. The number of hydrogen-bond donors (Lipinski definition) is 3. The molecular weight excluding hydrogens is 358 g/mol. The molecule has 0 spiro atoms. The van der Waals surface area contributed by atoms with Gasteiger partial charge in [-0.1, -0.05) is 18.2 Å². The summed E-state index contributed by atoms with van der Waals surface area (Å²) < 4.78 is 22.8. The van der Waals surface area contributed by atoms with Crippen molar-refractivity contribution in [2.24, 2.45) is 0 Å². The van der Waals surface area contributed by atoms with Gasteiger partial charge in [0.05, 0.1) is 12.3 Å². The van der Waals surface area contributed by atoms with Crippen molar-refractivity contribution >= 4 is 27.6 Å². The topological polar surface area (TPSA) is 121 Å². The Labute approximate surface area is 153 Å². The molecule has 0 aliphatic rings. The number of rotatable bonds is 9. The Balaban J connectivity index is 2.75. The highest BCUT2D eigenvalue weighted by Gasteiger charge is 2.23. The minimum Gasteiger partial charge on any atom is -0.352 e. The molecule has 0 aromatic heterocycles. The van der Waals surface area contributed by atoms with Crippen LogP contribution in [0.3, 0.4) is 0 Å². The molecule has 0 bridgehead atoms. The summed E-state index contributed by atoms with van der Waals surface area (Å²) in [7, 11) is -3.31. The van der Waals surface area contributed by atoms with Crippen molar-refractivity contribution in [3.63, 3.8) is 0 Å². The first kappa shape index (κ1) is 21.6. The highest BCUT2D eigenvalue weighted by Crippen LogP contribution is 2.02. The van der Waals surface area contributed by atoms with Gasteiger partial charge in [-0.15, -0.1) is 0 Å². The van der Waals surface area contributed by atoms with E-state index in [2.05, 4.69) is 16.0 Å². The highest BCUT2D eigenvalue weighted by molar-refractivity contribution is 7.90. The molecule has 0 radical (unpaired) electrons. The van der Waals surface area contributed by atoms with Crippen molar-refractivity contribution in [3.05, 3.63) is 35.9 Å². The fourth-order valence-electron chi connectivity index (χ4n) is 2.10. The van der Waals surface area contributed by atoms with E-state index in [1.807, 2.05) is 0 Å². The van der Waals surface area contributed by atoms with Crippen molar-refractivity contribution < 1.29 is 22.8 Å². The molecule has 1 aromatic carbocycles. The first-order chi connectivity index (χ1) is 12.1.